The van der Waals surface area contributed by atoms with Crippen LogP contribution < -0.4 is 0 Å². The van der Waals surface area contributed by atoms with Crippen LogP contribution in [0.15, 0.2) is 48.5 Å². The number of aliphatic hydroxyl groups is 1. The summed E-state index contributed by atoms with van der Waals surface area (Å²) in [5.74, 6) is -1.32. The molecular formula is C29H38FNO4. The van der Waals surface area contributed by atoms with Crippen molar-refractivity contribution < 1.29 is 24.1 Å². The van der Waals surface area contributed by atoms with Crippen molar-refractivity contribution in [2.24, 2.45) is 5.92 Å². The molecule has 190 valence electrons. The first-order chi connectivity index (χ1) is 16.8. The average Bonchev–Trinajstić information content (AvgIpc) is 2.83. The number of halogens is 1. The number of β-amino-alcohol motifs (C(OH)–C–C–N with tert-alkyl or cyclic N) is 1. The van der Waals surface area contributed by atoms with Gasteiger partial charge < -0.3 is 14.9 Å². The molecule has 0 aliphatic carbocycles. The molecule has 1 fully saturated rings. The average molecular weight is 484 g/mol. The van der Waals surface area contributed by atoms with E-state index in [0.717, 1.165) is 36.1 Å². The molecule has 0 spiro atoms. The number of allylic oxidation sites excluding steroid dienone is 1. The van der Waals surface area contributed by atoms with Gasteiger partial charge in [0.25, 0.3) is 0 Å². The second-order valence-corrected chi connectivity index (χ2v) is 9.56. The number of nitrogens with zero attached hydrogens (tertiary/aromatic N) is 1. The van der Waals surface area contributed by atoms with E-state index in [0.29, 0.717) is 31.0 Å². The van der Waals surface area contributed by atoms with Crippen LogP contribution in [0.1, 0.15) is 61.5 Å². The van der Waals surface area contributed by atoms with Crippen molar-refractivity contribution in [1.82, 2.24) is 4.90 Å². The van der Waals surface area contributed by atoms with Crippen molar-refractivity contribution in [3.8, 4) is 0 Å². The number of benzene rings is 2. The van der Waals surface area contributed by atoms with Crippen LogP contribution in [0.3, 0.4) is 0 Å². The van der Waals surface area contributed by atoms with E-state index in [9.17, 15) is 19.4 Å². The molecule has 4 atom stereocenters. The smallest absolute Gasteiger partial charge is 0.306 e. The summed E-state index contributed by atoms with van der Waals surface area (Å²) >= 11 is 0. The van der Waals surface area contributed by atoms with Gasteiger partial charge in [-0.2, -0.15) is 0 Å². The Morgan fingerprint density at radius 1 is 1.29 bits per heavy atom. The number of aliphatic hydroxyl groups excluding tert-OH is 1. The van der Waals surface area contributed by atoms with Gasteiger partial charge in [0.2, 0.25) is 0 Å². The minimum atomic E-state index is -0.772. The van der Waals surface area contributed by atoms with Gasteiger partial charge in [-0.25, -0.2) is 4.39 Å². The van der Waals surface area contributed by atoms with Crippen LogP contribution >= 0.6 is 0 Å². The Hall–Kier alpha value is -2.54. The summed E-state index contributed by atoms with van der Waals surface area (Å²) in [6, 6.07) is 13.6. The first kappa shape index (κ1) is 27.1. The van der Waals surface area contributed by atoms with Crippen LogP contribution in [0, 0.1) is 18.7 Å². The van der Waals surface area contributed by atoms with Gasteiger partial charge in [-0.1, -0.05) is 55.5 Å². The highest BCUT2D eigenvalue weighted by Crippen LogP contribution is 2.25. The molecule has 0 amide bonds. The SMILES string of the molecule is CCC(CC=Cc1ccccc1[C@@H](C)OC[C@H](O)CN1CC[C@H]1Cc1ccc(C)c(F)c1)C(=O)O. The minimum Gasteiger partial charge on any atom is -0.481 e. The monoisotopic (exact) mass is 483 g/mol. The topological polar surface area (TPSA) is 70.0 Å². The first-order valence-electron chi connectivity index (χ1n) is 12.6. The van der Waals surface area contributed by atoms with Crippen LogP contribution in [0.4, 0.5) is 4.39 Å². The molecule has 6 heteroatoms. The summed E-state index contributed by atoms with van der Waals surface area (Å²) < 4.78 is 19.9. The molecular weight excluding hydrogens is 445 g/mol. The second-order valence-electron chi connectivity index (χ2n) is 9.56. The molecule has 2 aromatic carbocycles. The van der Waals surface area contributed by atoms with E-state index >= 15 is 0 Å². The molecule has 0 aromatic heterocycles. The third-order valence-corrected chi connectivity index (χ3v) is 6.95. The molecule has 0 radical (unpaired) electrons. The summed E-state index contributed by atoms with van der Waals surface area (Å²) in [5, 5.41) is 19.8. The number of aliphatic carboxylic acids is 1. The molecule has 2 N–H and O–H groups in total. The molecule has 1 saturated heterocycles. The molecule has 3 rings (SSSR count). The number of rotatable bonds is 13. The molecule has 2 aromatic rings. The summed E-state index contributed by atoms with van der Waals surface area (Å²) in [7, 11) is 0. The molecule has 1 aliphatic rings. The summed E-state index contributed by atoms with van der Waals surface area (Å²) in [5.41, 5.74) is 3.63. The third kappa shape index (κ3) is 7.72. The molecule has 1 aliphatic heterocycles. The van der Waals surface area contributed by atoms with Crippen molar-refractivity contribution in [2.75, 3.05) is 19.7 Å². The normalized spacial score (nSPS) is 18.8. The maximum atomic E-state index is 13.9. The van der Waals surface area contributed by atoms with E-state index in [1.54, 1.807) is 13.0 Å². The standard InChI is InChI=1S/C29H38FNO4/c1-4-23(29(33)34)9-7-10-24-8-5-6-11-27(24)21(3)35-19-26(32)18-31-15-14-25(31)16-22-13-12-20(2)28(30)17-22/h5-8,10-13,17,21,23,25-26,32H,4,9,14-16,18-19H2,1-3H3,(H,33,34)/t21-,23?,25+,26-/m1/s1. The van der Waals surface area contributed by atoms with Crippen LogP contribution in [0.25, 0.3) is 6.08 Å². The van der Waals surface area contributed by atoms with Crippen molar-refractivity contribution in [3.05, 3.63) is 76.6 Å². The zero-order valence-electron chi connectivity index (χ0n) is 21.0. The van der Waals surface area contributed by atoms with Crippen LogP contribution in [0.5, 0.6) is 0 Å². The first-order valence-corrected chi connectivity index (χ1v) is 12.6. The van der Waals surface area contributed by atoms with Crippen LogP contribution in [-0.2, 0) is 16.0 Å². The summed E-state index contributed by atoms with van der Waals surface area (Å²) in [6.07, 6.45) is 5.94. The molecule has 1 unspecified atom stereocenters. The lowest BCUT2D eigenvalue weighted by molar-refractivity contribution is -0.141. The van der Waals surface area contributed by atoms with E-state index in [1.165, 1.54) is 0 Å². The van der Waals surface area contributed by atoms with E-state index in [2.05, 4.69) is 4.90 Å². The van der Waals surface area contributed by atoms with Crippen LogP contribution in [0.2, 0.25) is 0 Å². The Bertz CT molecular complexity index is 1010. The molecule has 1 heterocycles. The number of ether oxygens (including phenoxy) is 1. The van der Waals surface area contributed by atoms with Gasteiger partial charge in [0.05, 0.1) is 24.7 Å². The molecule has 35 heavy (non-hydrogen) atoms. The van der Waals surface area contributed by atoms with E-state index in [-0.39, 0.29) is 24.4 Å². The predicted octanol–water partition coefficient (Wildman–Crippen LogP) is 5.40. The predicted molar refractivity (Wildman–Crippen MR) is 137 cm³/mol. The zero-order valence-corrected chi connectivity index (χ0v) is 21.0. The van der Waals surface area contributed by atoms with Gasteiger partial charge in [-0.05, 0) is 67.9 Å². The van der Waals surface area contributed by atoms with Crippen molar-refractivity contribution in [1.29, 1.82) is 0 Å². The van der Waals surface area contributed by atoms with Gasteiger partial charge in [0.1, 0.15) is 5.82 Å². The number of aryl methyl sites for hydroxylation is 1. The second kappa shape index (κ2) is 13.0. The van der Waals surface area contributed by atoms with Gasteiger partial charge >= 0.3 is 5.97 Å². The fraction of sp³-hybridized carbons (Fsp3) is 0.483. The highest BCUT2D eigenvalue weighted by molar-refractivity contribution is 5.70. The van der Waals surface area contributed by atoms with Crippen molar-refractivity contribution >= 4 is 12.0 Å². The Morgan fingerprint density at radius 3 is 2.71 bits per heavy atom. The van der Waals surface area contributed by atoms with E-state index in [1.807, 2.05) is 62.4 Å². The highest BCUT2D eigenvalue weighted by Gasteiger charge is 2.29. The minimum absolute atomic E-state index is 0.169. The number of hydrogen-bond acceptors (Lipinski definition) is 4. The largest absolute Gasteiger partial charge is 0.481 e. The molecule has 0 saturated carbocycles. The fourth-order valence-corrected chi connectivity index (χ4v) is 4.50. The highest BCUT2D eigenvalue weighted by atomic mass is 19.1. The zero-order chi connectivity index (χ0) is 25.4. The lowest BCUT2D eigenvalue weighted by atomic mass is 9.94. The maximum Gasteiger partial charge on any atom is 0.306 e. The number of hydrogen-bond donors (Lipinski definition) is 2. The van der Waals surface area contributed by atoms with Crippen molar-refractivity contribution in [2.45, 2.75) is 64.7 Å². The number of carboxylic acids is 1. The number of carboxylic acid groups (broad SMARTS) is 1. The van der Waals surface area contributed by atoms with Gasteiger partial charge in [-0.3, -0.25) is 9.69 Å². The lowest BCUT2D eigenvalue weighted by Crippen LogP contribution is -2.52. The van der Waals surface area contributed by atoms with Gasteiger partial charge in [0, 0.05) is 19.1 Å². The van der Waals surface area contributed by atoms with Crippen molar-refractivity contribution in [3.63, 3.8) is 0 Å². The van der Waals surface area contributed by atoms with Gasteiger partial charge in [0.15, 0.2) is 0 Å². The fourth-order valence-electron chi connectivity index (χ4n) is 4.50. The lowest BCUT2D eigenvalue weighted by Gasteiger charge is -2.42. The van der Waals surface area contributed by atoms with E-state index < -0.39 is 12.1 Å². The maximum absolute atomic E-state index is 13.9. The molecule has 5 nitrogen and oxygen atoms in total. The Morgan fingerprint density at radius 2 is 2.06 bits per heavy atom. The number of carbonyl (C=O) groups is 1. The summed E-state index contributed by atoms with van der Waals surface area (Å²) in [6.45, 7) is 7.28. The Labute approximate surface area is 208 Å². The third-order valence-electron chi connectivity index (χ3n) is 6.95. The summed E-state index contributed by atoms with van der Waals surface area (Å²) in [4.78, 5) is 13.5. The number of likely N-dealkylation sites (tertiary alicyclic amines) is 1. The molecule has 0 bridgehead atoms. The van der Waals surface area contributed by atoms with E-state index in [4.69, 9.17) is 4.74 Å². The van der Waals surface area contributed by atoms with Gasteiger partial charge in [-0.15, -0.1) is 0 Å². The van der Waals surface area contributed by atoms with Crippen LogP contribution in [-0.4, -0.2) is 52.9 Å². The Kier molecular flexibility index (Phi) is 10.0. The quantitative estimate of drug-likeness (QED) is 0.399. The Balaban J connectivity index is 1.49.